The lowest BCUT2D eigenvalue weighted by Gasteiger charge is -2.16. The molecule has 0 aliphatic carbocycles. The Morgan fingerprint density at radius 1 is 1.32 bits per heavy atom. The molecule has 0 aromatic heterocycles. The summed E-state index contributed by atoms with van der Waals surface area (Å²) in [6.07, 6.45) is -0.829. The molecule has 1 rings (SSSR count). The van der Waals surface area contributed by atoms with E-state index in [0.717, 1.165) is 5.56 Å². The molecule has 7 nitrogen and oxygen atoms in total. The van der Waals surface area contributed by atoms with Gasteiger partial charge in [0.25, 0.3) is 5.09 Å². The molecule has 0 saturated carbocycles. The van der Waals surface area contributed by atoms with Crippen molar-refractivity contribution in [3.8, 4) is 5.75 Å². The van der Waals surface area contributed by atoms with E-state index in [1.807, 2.05) is 19.1 Å². The molecule has 0 aliphatic rings. The highest BCUT2D eigenvalue weighted by Crippen LogP contribution is 2.12. The monoisotopic (exact) mass is 269 g/mol. The summed E-state index contributed by atoms with van der Waals surface area (Å²) in [5.41, 5.74) is 1.08. The second-order valence-corrected chi connectivity index (χ2v) is 3.87. The lowest BCUT2D eigenvalue weighted by molar-refractivity contribution is -0.759. The Morgan fingerprint density at radius 2 is 1.95 bits per heavy atom. The van der Waals surface area contributed by atoms with Crippen LogP contribution in [0.25, 0.3) is 0 Å². The van der Waals surface area contributed by atoms with Gasteiger partial charge in [-0.2, -0.15) is 0 Å². The third-order valence-electron chi connectivity index (χ3n) is 2.16. The number of rotatable bonds is 7. The standard InChI is InChI=1S/C12H15NO6/c1-9-3-5-11(6-4-9)17-7-12(19-10(2)14)8-18-13(15)16/h3-6,12H,7-8H2,1-2H3/t12-/m0/s1. The fourth-order valence-corrected chi connectivity index (χ4v) is 1.32. The maximum absolute atomic E-state index is 10.9. The van der Waals surface area contributed by atoms with E-state index in [0.29, 0.717) is 5.75 Å². The van der Waals surface area contributed by atoms with E-state index in [2.05, 4.69) is 4.84 Å². The van der Waals surface area contributed by atoms with Gasteiger partial charge in [-0.25, -0.2) is 0 Å². The van der Waals surface area contributed by atoms with Gasteiger partial charge in [-0.3, -0.25) is 4.79 Å². The predicted octanol–water partition coefficient (Wildman–Crippen LogP) is 1.51. The van der Waals surface area contributed by atoms with E-state index in [-0.39, 0.29) is 13.2 Å². The molecule has 0 aliphatic heterocycles. The van der Waals surface area contributed by atoms with Gasteiger partial charge < -0.3 is 14.3 Å². The minimum absolute atomic E-state index is 0.0174. The Morgan fingerprint density at radius 3 is 2.47 bits per heavy atom. The molecule has 0 bridgehead atoms. The number of esters is 1. The van der Waals surface area contributed by atoms with Crippen LogP contribution in [0.1, 0.15) is 12.5 Å². The Kier molecular flexibility index (Phi) is 5.59. The highest BCUT2D eigenvalue weighted by molar-refractivity contribution is 5.66. The maximum atomic E-state index is 10.9. The van der Waals surface area contributed by atoms with Crippen molar-refractivity contribution in [1.82, 2.24) is 0 Å². The van der Waals surface area contributed by atoms with Gasteiger partial charge in [-0.05, 0) is 19.1 Å². The quantitative estimate of drug-likeness (QED) is 0.423. The summed E-state index contributed by atoms with van der Waals surface area (Å²) in [5.74, 6) is 0.0355. The Hall–Kier alpha value is -2.31. The first-order valence-electron chi connectivity index (χ1n) is 5.61. The molecule has 0 amide bonds. The van der Waals surface area contributed by atoms with Crippen LogP contribution in [0, 0.1) is 17.0 Å². The topological polar surface area (TPSA) is 87.9 Å². The smallest absolute Gasteiger partial charge is 0.303 e. The fourth-order valence-electron chi connectivity index (χ4n) is 1.32. The van der Waals surface area contributed by atoms with Crippen LogP contribution < -0.4 is 4.74 Å². The van der Waals surface area contributed by atoms with E-state index >= 15 is 0 Å². The van der Waals surface area contributed by atoms with Gasteiger partial charge in [-0.15, -0.1) is 10.1 Å². The van der Waals surface area contributed by atoms with Gasteiger partial charge in [0.15, 0.2) is 6.10 Å². The molecule has 1 atom stereocenters. The molecule has 0 heterocycles. The van der Waals surface area contributed by atoms with Crippen LogP contribution in [-0.2, 0) is 14.4 Å². The highest BCUT2D eigenvalue weighted by Gasteiger charge is 2.15. The normalized spacial score (nSPS) is 11.5. The molecule has 0 unspecified atom stereocenters. The number of hydrogen-bond donors (Lipinski definition) is 0. The van der Waals surface area contributed by atoms with Crippen molar-refractivity contribution in [2.45, 2.75) is 20.0 Å². The van der Waals surface area contributed by atoms with Crippen LogP contribution in [-0.4, -0.2) is 30.4 Å². The molecule has 1 aromatic carbocycles. The van der Waals surface area contributed by atoms with Crippen LogP contribution in [0.3, 0.4) is 0 Å². The SMILES string of the molecule is CC(=O)O[C@@H](COc1ccc(C)cc1)CO[N+](=O)[O-]. The zero-order chi connectivity index (χ0) is 14.3. The number of carbonyl (C=O) groups is 1. The Bertz CT molecular complexity index is 430. The van der Waals surface area contributed by atoms with E-state index < -0.39 is 17.2 Å². The first kappa shape index (κ1) is 14.7. The van der Waals surface area contributed by atoms with Crippen molar-refractivity contribution >= 4 is 5.97 Å². The van der Waals surface area contributed by atoms with Crippen molar-refractivity contribution in [1.29, 1.82) is 0 Å². The molecular weight excluding hydrogens is 254 g/mol. The summed E-state index contributed by atoms with van der Waals surface area (Å²) in [4.78, 5) is 25.1. The summed E-state index contributed by atoms with van der Waals surface area (Å²) in [5, 5.41) is 9.16. The van der Waals surface area contributed by atoms with E-state index in [9.17, 15) is 14.9 Å². The summed E-state index contributed by atoms with van der Waals surface area (Å²) >= 11 is 0. The van der Waals surface area contributed by atoms with Crippen LogP contribution in [0.15, 0.2) is 24.3 Å². The predicted molar refractivity (Wildman–Crippen MR) is 65.2 cm³/mol. The molecule has 0 saturated heterocycles. The number of benzene rings is 1. The lowest BCUT2D eigenvalue weighted by Crippen LogP contribution is -2.30. The highest BCUT2D eigenvalue weighted by atomic mass is 17.0. The molecule has 0 radical (unpaired) electrons. The first-order chi connectivity index (χ1) is 8.97. The summed E-state index contributed by atoms with van der Waals surface area (Å²) in [6.45, 7) is 2.77. The summed E-state index contributed by atoms with van der Waals surface area (Å²) in [6, 6.07) is 7.25. The van der Waals surface area contributed by atoms with Gasteiger partial charge >= 0.3 is 5.97 Å². The van der Waals surface area contributed by atoms with Crippen LogP contribution >= 0.6 is 0 Å². The van der Waals surface area contributed by atoms with Crippen molar-refractivity contribution in [3.05, 3.63) is 39.9 Å². The second-order valence-electron chi connectivity index (χ2n) is 3.87. The number of carbonyl (C=O) groups excluding carboxylic acids is 1. The molecule has 7 heteroatoms. The van der Waals surface area contributed by atoms with Crippen molar-refractivity contribution in [2.75, 3.05) is 13.2 Å². The Labute approximate surface area is 110 Å². The lowest BCUT2D eigenvalue weighted by atomic mass is 10.2. The maximum Gasteiger partial charge on any atom is 0.303 e. The van der Waals surface area contributed by atoms with Crippen molar-refractivity contribution in [3.63, 3.8) is 0 Å². The molecule has 1 aromatic rings. The molecule has 0 fully saturated rings. The zero-order valence-corrected chi connectivity index (χ0v) is 10.7. The van der Waals surface area contributed by atoms with Crippen LogP contribution in [0.2, 0.25) is 0 Å². The molecule has 0 spiro atoms. The van der Waals surface area contributed by atoms with Crippen LogP contribution in [0.5, 0.6) is 5.75 Å². The molecule has 19 heavy (non-hydrogen) atoms. The summed E-state index contributed by atoms with van der Waals surface area (Å²) in [7, 11) is 0. The van der Waals surface area contributed by atoms with Crippen LogP contribution in [0.4, 0.5) is 0 Å². The number of nitrogens with zero attached hydrogens (tertiary/aromatic N) is 1. The number of ether oxygens (including phenoxy) is 2. The minimum Gasteiger partial charge on any atom is -0.490 e. The van der Waals surface area contributed by atoms with Gasteiger partial charge in [0, 0.05) is 6.92 Å². The van der Waals surface area contributed by atoms with Crippen molar-refractivity contribution in [2.24, 2.45) is 0 Å². The van der Waals surface area contributed by atoms with Gasteiger partial charge in [-0.1, -0.05) is 17.7 Å². The minimum atomic E-state index is -0.942. The van der Waals surface area contributed by atoms with Gasteiger partial charge in [0.1, 0.15) is 19.0 Å². The third kappa shape index (κ3) is 6.25. The second kappa shape index (κ2) is 7.20. The molecular formula is C12H15NO6. The van der Waals surface area contributed by atoms with Crippen molar-refractivity contribution < 1.29 is 24.2 Å². The largest absolute Gasteiger partial charge is 0.490 e. The zero-order valence-electron chi connectivity index (χ0n) is 10.7. The number of aryl methyl sites for hydroxylation is 1. The van der Waals surface area contributed by atoms with E-state index in [1.54, 1.807) is 12.1 Å². The average Bonchev–Trinajstić information content (AvgIpc) is 2.34. The Balaban J connectivity index is 2.49. The molecule has 0 N–H and O–H groups in total. The number of hydrogen-bond acceptors (Lipinski definition) is 6. The third-order valence-corrected chi connectivity index (χ3v) is 2.16. The van der Waals surface area contributed by atoms with E-state index in [1.165, 1.54) is 6.92 Å². The van der Waals surface area contributed by atoms with Gasteiger partial charge in [0.2, 0.25) is 0 Å². The first-order valence-corrected chi connectivity index (χ1v) is 5.61. The summed E-state index contributed by atoms with van der Waals surface area (Å²) < 4.78 is 10.2. The fraction of sp³-hybridized carbons (Fsp3) is 0.417. The van der Waals surface area contributed by atoms with Gasteiger partial charge in [0.05, 0.1) is 0 Å². The van der Waals surface area contributed by atoms with E-state index in [4.69, 9.17) is 9.47 Å². The average molecular weight is 269 g/mol. The molecule has 104 valence electrons.